The smallest absolute Gasteiger partial charge is 0.338 e. The lowest BCUT2D eigenvalue weighted by atomic mass is 10.1. The maximum absolute atomic E-state index is 12.8. The number of rotatable bonds is 4. The van der Waals surface area contributed by atoms with Crippen LogP contribution in [0.25, 0.3) is 0 Å². The van der Waals surface area contributed by atoms with Crippen LogP contribution in [0.15, 0.2) is 48.5 Å². The summed E-state index contributed by atoms with van der Waals surface area (Å²) < 4.78 is 18.0. The van der Waals surface area contributed by atoms with E-state index in [2.05, 4.69) is 0 Å². The van der Waals surface area contributed by atoms with E-state index in [1.807, 2.05) is 0 Å². The number of nitro benzene ring substituents is 1. The molecule has 0 heterocycles. The van der Waals surface area contributed by atoms with Gasteiger partial charge < -0.3 is 4.74 Å². The van der Waals surface area contributed by atoms with Crippen LogP contribution in [0.1, 0.15) is 28.9 Å². The van der Waals surface area contributed by atoms with E-state index in [4.69, 9.17) is 4.74 Å². The molecule has 0 aliphatic heterocycles. The van der Waals surface area contributed by atoms with Gasteiger partial charge in [-0.15, -0.1) is 0 Å². The Morgan fingerprint density at radius 3 is 2.52 bits per heavy atom. The van der Waals surface area contributed by atoms with Crippen LogP contribution in [0.3, 0.4) is 0 Å². The molecule has 0 saturated heterocycles. The fourth-order valence-electron chi connectivity index (χ4n) is 1.77. The molecule has 6 heteroatoms. The molecule has 0 N–H and O–H groups in total. The fraction of sp³-hybridized carbons (Fsp3) is 0.133. The van der Waals surface area contributed by atoms with Crippen molar-refractivity contribution < 1.29 is 18.8 Å². The minimum absolute atomic E-state index is 0.0721. The van der Waals surface area contributed by atoms with Crippen LogP contribution in [-0.2, 0) is 4.74 Å². The molecule has 0 fully saturated rings. The molecule has 0 aliphatic rings. The maximum atomic E-state index is 12.8. The van der Waals surface area contributed by atoms with Crippen molar-refractivity contribution in [3.8, 4) is 0 Å². The van der Waals surface area contributed by atoms with Crippen molar-refractivity contribution in [2.24, 2.45) is 0 Å². The second-order valence-corrected chi connectivity index (χ2v) is 4.41. The van der Waals surface area contributed by atoms with Crippen molar-refractivity contribution in [3.63, 3.8) is 0 Å². The Hall–Kier alpha value is -2.76. The van der Waals surface area contributed by atoms with Crippen LogP contribution < -0.4 is 0 Å². The van der Waals surface area contributed by atoms with Crippen molar-refractivity contribution in [1.82, 2.24) is 0 Å². The standard InChI is InChI=1S/C15H12FNO4/c1-10(12-3-2-4-14(9-12)17(19)20)21-15(18)11-5-7-13(16)8-6-11/h2-10H,1H3. The number of hydrogen-bond acceptors (Lipinski definition) is 4. The molecule has 1 atom stereocenters. The van der Waals surface area contributed by atoms with Crippen LogP contribution in [0.2, 0.25) is 0 Å². The number of non-ortho nitro benzene ring substituents is 1. The van der Waals surface area contributed by atoms with Gasteiger partial charge in [-0.05, 0) is 36.8 Å². The molecular formula is C15H12FNO4. The summed E-state index contributed by atoms with van der Waals surface area (Å²) in [6.07, 6.45) is -0.651. The van der Waals surface area contributed by atoms with Crippen LogP contribution in [0, 0.1) is 15.9 Å². The quantitative estimate of drug-likeness (QED) is 0.489. The molecule has 2 aromatic rings. The second-order valence-electron chi connectivity index (χ2n) is 4.41. The first-order chi connectivity index (χ1) is 9.97. The van der Waals surface area contributed by atoms with Gasteiger partial charge in [0.25, 0.3) is 5.69 Å². The Bertz CT molecular complexity index is 670. The highest BCUT2D eigenvalue weighted by Gasteiger charge is 2.16. The average Bonchev–Trinajstić information content (AvgIpc) is 2.48. The zero-order chi connectivity index (χ0) is 15.4. The van der Waals surface area contributed by atoms with Gasteiger partial charge in [-0.1, -0.05) is 12.1 Å². The number of nitro groups is 1. The lowest BCUT2D eigenvalue weighted by molar-refractivity contribution is -0.385. The van der Waals surface area contributed by atoms with Gasteiger partial charge in [-0.2, -0.15) is 0 Å². The Labute approximate surface area is 120 Å². The highest BCUT2D eigenvalue weighted by atomic mass is 19.1. The minimum Gasteiger partial charge on any atom is -0.454 e. The van der Waals surface area contributed by atoms with Gasteiger partial charge in [0.15, 0.2) is 0 Å². The summed E-state index contributed by atoms with van der Waals surface area (Å²) in [5.74, 6) is -1.06. The summed E-state index contributed by atoms with van der Waals surface area (Å²) in [5.41, 5.74) is 0.658. The third kappa shape index (κ3) is 3.62. The molecule has 0 aliphatic carbocycles. The maximum Gasteiger partial charge on any atom is 0.338 e. The molecule has 0 aromatic heterocycles. The first-order valence-electron chi connectivity index (χ1n) is 6.18. The minimum atomic E-state index is -0.651. The number of benzene rings is 2. The van der Waals surface area contributed by atoms with Crippen LogP contribution in [0.4, 0.5) is 10.1 Å². The van der Waals surface area contributed by atoms with Crippen LogP contribution in [-0.4, -0.2) is 10.9 Å². The van der Waals surface area contributed by atoms with Gasteiger partial charge in [-0.25, -0.2) is 9.18 Å². The lowest BCUT2D eigenvalue weighted by Gasteiger charge is -2.13. The molecule has 108 valence electrons. The molecule has 0 spiro atoms. The molecule has 0 amide bonds. The molecule has 5 nitrogen and oxygen atoms in total. The fourth-order valence-corrected chi connectivity index (χ4v) is 1.77. The highest BCUT2D eigenvalue weighted by molar-refractivity contribution is 5.89. The highest BCUT2D eigenvalue weighted by Crippen LogP contribution is 2.22. The van der Waals surface area contributed by atoms with E-state index < -0.39 is 22.8 Å². The van der Waals surface area contributed by atoms with Crippen molar-refractivity contribution in [2.75, 3.05) is 0 Å². The largest absolute Gasteiger partial charge is 0.454 e. The van der Waals surface area contributed by atoms with Crippen molar-refractivity contribution in [2.45, 2.75) is 13.0 Å². The Morgan fingerprint density at radius 1 is 1.24 bits per heavy atom. The summed E-state index contributed by atoms with van der Waals surface area (Å²) >= 11 is 0. The summed E-state index contributed by atoms with van der Waals surface area (Å²) in [5, 5.41) is 10.7. The topological polar surface area (TPSA) is 69.4 Å². The van der Waals surface area contributed by atoms with Gasteiger partial charge in [0.05, 0.1) is 10.5 Å². The number of carbonyl (C=O) groups excluding carboxylic acids is 1. The average molecular weight is 289 g/mol. The molecule has 21 heavy (non-hydrogen) atoms. The predicted molar refractivity (Wildman–Crippen MR) is 73.3 cm³/mol. The van der Waals surface area contributed by atoms with Crippen LogP contribution in [0.5, 0.6) is 0 Å². The molecule has 0 saturated carbocycles. The Morgan fingerprint density at radius 2 is 1.90 bits per heavy atom. The van der Waals surface area contributed by atoms with Crippen molar-refractivity contribution >= 4 is 11.7 Å². The molecule has 2 aromatic carbocycles. The van der Waals surface area contributed by atoms with E-state index >= 15 is 0 Å². The molecule has 0 radical (unpaired) electrons. The number of esters is 1. The van der Waals surface area contributed by atoms with Gasteiger partial charge in [0.1, 0.15) is 11.9 Å². The number of carbonyl (C=O) groups is 1. The molecule has 2 rings (SSSR count). The van der Waals surface area contributed by atoms with E-state index in [-0.39, 0.29) is 11.3 Å². The summed E-state index contributed by atoms with van der Waals surface area (Å²) in [6.45, 7) is 1.61. The Balaban J connectivity index is 2.12. The third-order valence-corrected chi connectivity index (χ3v) is 2.91. The lowest BCUT2D eigenvalue weighted by Crippen LogP contribution is -2.09. The monoisotopic (exact) mass is 289 g/mol. The number of hydrogen-bond donors (Lipinski definition) is 0. The zero-order valence-corrected chi connectivity index (χ0v) is 11.2. The molecule has 1 unspecified atom stereocenters. The summed E-state index contributed by atoms with van der Waals surface area (Å²) in [7, 11) is 0. The number of halogens is 1. The predicted octanol–water partition coefficient (Wildman–Crippen LogP) is 3.65. The van der Waals surface area contributed by atoms with Gasteiger partial charge in [0, 0.05) is 12.1 Å². The summed E-state index contributed by atoms with van der Waals surface area (Å²) in [6, 6.07) is 10.8. The van der Waals surface area contributed by atoms with E-state index in [0.717, 1.165) is 12.1 Å². The second kappa shape index (κ2) is 6.13. The van der Waals surface area contributed by atoms with E-state index in [1.165, 1.54) is 30.3 Å². The molecule has 0 bridgehead atoms. The summed E-state index contributed by atoms with van der Waals surface area (Å²) in [4.78, 5) is 22.1. The van der Waals surface area contributed by atoms with Crippen molar-refractivity contribution in [3.05, 3.63) is 75.6 Å². The SMILES string of the molecule is CC(OC(=O)c1ccc(F)cc1)c1cccc([N+](=O)[O-])c1. The van der Waals surface area contributed by atoms with E-state index in [1.54, 1.807) is 13.0 Å². The third-order valence-electron chi connectivity index (χ3n) is 2.91. The first kappa shape index (κ1) is 14.6. The number of nitrogens with zero attached hydrogens (tertiary/aromatic N) is 1. The zero-order valence-electron chi connectivity index (χ0n) is 11.2. The number of ether oxygens (including phenoxy) is 1. The first-order valence-corrected chi connectivity index (χ1v) is 6.18. The van der Waals surface area contributed by atoms with Crippen molar-refractivity contribution in [1.29, 1.82) is 0 Å². The molecular weight excluding hydrogens is 277 g/mol. The van der Waals surface area contributed by atoms with Gasteiger partial charge in [0.2, 0.25) is 0 Å². The van der Waals surface area contributed by atoms with E-state index in [9.17, 15) is 19.3 Å². The van der Waals surface area contributed by atoms with Crippen LogP contribution >= 0.6 is 0 Å². The van der Waals surface area contributed by atoms with Gasteiger partial charge >= 0.3 is 5.97 Å². The Kier molecular flexibility index (Phi) is 4.27. The van der Waals surface area contributed by atoms with Gasteiger partial charge in [-0.3, -0.25) is 10.1 Å². The normalized spacial score (nSPS) is 11.7. The van der Waals surface area contributed by atoms with E-state index in [0.29, 0.717) is 5.56 Å².